The van der Waals surface area contributed by atoms with Gasteiger partial charge in [-0.1, -0.05) is 0 Å². The Morgan fingerprint density at radius 3 is 2.88 bits per heavy atom. The highest BCUT2D eigenvalue weighted by atomic mass is 79.9. The highest BCUT2D eigenvalue weighted by molar-refractivity contribution is 9.10. The molecule has 5 nitrogen and oxygen atoms in total. The summed E-state index contributed by atoms with van der Waals surface area (Å²) < 4.78 is 6.43. The number of aromatic nitrogens is 1. The topological polar surface area (TPSA) is 45.7 Å². The van der Waals surface area contributed by atoms with Crippen LogP contribution >= 0.6 is 15.9 Å². The predicted molar refractivity (Wildman–Crippen MR) is 98.9 cm³/mol. The van der Waals surface area contributed by atoms with Crippen LogP contribution in [0.1, 0.15) is 45.6 Å². The van der Waals surface area contributed by atoms with Gasteiger partial charge in [0.15, 0.2) is 0 Å². The molecule has 1 aliphatic heterocycles. The maximum Gasteiger partial charge on any atom is 0.410 e. The Labute approximate surface area is 153 Å². The first-order valence-corrected chi connectivity index (χ1v) is 9.32. The van der Waals surface area contributed by atoms with Crippen LogP contribution in [-0.2, 0) is 11.3 Å². The quantitative estimate of drug-likeness (QED) is 0.718. The third-order valence-electron chi connectivity index (χ3n) is 4.02. The van der Waals surface area contributed by atoms with E-state index in [4.69, 9.17) is 4.74 Å². The Morgan fingerprint density at radius 1 is 1.46 bits per heavy atom. The molecule has 1 aromatic rings. The van der Waals surface area contributed by atoms with Gasteiger partial charge in [0.05, 0.1) is 0 Å². The first kappa shape index (κ1) is 19.2. The van der Waals surface area contributed by atoms with E-state index in [1.165, 1.54) is 12.0 Å². The van der Waals surface area contributed by atoms with Crippen molar-refractivity contribution < 1.29 is 9.53 Å². The molecule has 1 amide bonds. The first-order valence-electron chi connectivity index (χ1n) is 8.53. The van der Waals surface area contributed by atoms with E-state index < -0.39 is 5.60 Å². The lowest BCUT2D eigenvalue weighted by molar-refractivity contribution is 0.00587. The molecule has 1 fully saturated rings. The molecule has 2 rings (SSSR count). The van der Waals surface area contributed by atoms with Crippen LogP contribution in [0.5, 0.6) is 0 Å². The van der Waals surface area contributed by atoms with E-state index in [1.54, 1.807) is 6.20 Å². The predicted octanol–water partition coefficient (Wildman–Crippen LogP) is 4.07. The summed E-state index contributed by atoms with van der Waals surface area (Å²) in [6, 6.07) is 4.26. The molecule has 2 heterocycles. The van der Waals surface area contributed by atoms with Crippen molar-refractivity contribution in [2.75, 3.05) is 20.1 Å². The van der Waals surface area contributed by atoms with Gasteiger partial charge < -0.3 is 14.5 Å². The largest absolute Gasteiger partial charge is 0.444 e. The number of amides is 1. The van der Waals surface area contributed by atoms with Crippen LogP contribution in [0.2, 0.25) is 0 Å². The van der Waals surface area contributed by atoms with E-state index in [2.05, 4.69) is 32.9 Å². The highest BCUT2D eigenvalue weighted by Gasteiger charge is 2.31. The number of nitrogens with zero attached hydrogens (tertiary/aromatic N) is 3. The number of hydrogen-bond acceptors (Lipinski definition) is 4. The van der Waals surface area contributed by atoms with E-state index in [0.717, 1.165) is 37.1 Å². The van der Waals surface area contributed by atoms with Crippen LogP contribution in [-0.4, -0.2) is 52.7 Å². The number of carbonyl (C=O) groups excluding carboxylic acids is 1. The monoisotopic (exact) mass is 397 g/mol. The fourth-order valence-electron chi connectivity index (χ4n) is 3.03. The van der Waals surface area contributed by atoms with Crippen LogP contribution < -0.4 is 0 Å². The van der Waals surface area contributed by atoms with Gasteiger partial charge in [0.2, 0.25) is 0 Å². The molecule has 1 saturated heterocycles. The fraction of sp³-hybridized carbons (Fsp3) is 0.667. The van der Waals surface area contributed by atoms with E-state index in [9.17, 15) is 4.79 Å². The van der Waals surface area contributed by atoms with Crippen molar-refractivity contribution in [3.05, 3.63) is 28.5 Å². The zero-order valence-corrected chi connectivity index (χ0v) is 16.7. The zero-order valence-electron chi connectivity index (χ0n) is 15.1. The van der Waals surface area contributed by atoms with Gasteiger partial charge in [-0.2, -0.15) is 0 Å². The summed E-state index contributed by atoms with van der Waals surface area (Å²) in [5.41, 5.74) is 0.757. The van der Waals surface area contributed by atoms with Crippen LogP contribution in [0.15, 0.2) is 22.9 Å². The van der Waals surface area contributed by atoms with Gasteiger partial charge in [0, 0.05) is 31.9 Å². The molecule has 0 aliphatic carbocycles. The molecule has 134 valence electrons. The van der Waals surface area contributed by atoms with E-state index in [0.29, 0.717) is 0 Å². The number of hydrogen-bond donors (Lipinski definition) is 0. The lowest BCUT2D eigenvalue weighted by Gasteiger charge is -2.38. The molecule has 0 saturated carbocycles. The average molecular weight is 398 g/mol. The summed E-state index contributed by atoms with van der Waals surface area (Å²) in [5.74, 6) is 0. The Balaban J connectivity index is 1.96. The molecule has 1 aromatic heterocycles. The second kappa shape index (κ2) is 8.30. The summed E-state index contributed by atoms with van der Waals surface area (Å²) >= 11 is 3.41. The summed E-state index contributed by atoms with van der Waals surface area (Å²) in [6.45, 7) is 8.21. The van der Waals surface area contributed by atoms with Crippen LogP contribution in [0.4, 0.5) is 4.79 Å². The second-order valence-corrected chi connectivity index (χ2v) is 8.32. The van der Waals surface area contributed by atoms with Gasteiger partial charge in [0.25, 0.3) is 0 Å². The number of pyridine rings is 1. The van der Waals surface area contributed by atoms with E-state index in [-0.39, 0.29) is 12.1 Å². The minimum Gasteiger partial charge on any atom is -0.444 e. The number of ether oxygens (including phenoxy) is 1. The lowest BCUT2D eigenvalue weighted by atomic mass is 10.0. The number of likely N-dealkylation sites (N-methyl/N-ethyl adjacent to an activating group) is 1. The molecule has 0 bridgehead atoms. The normalized spacial score (nSPS) is 18.8. The Hall–Kier alpha value is -1.14. The number of carbonyl (C=O) groups is 1. The smallest absolute Gasteiger partial charge is 0.410 e. The summed E-state index contributed by atoms with van der Waals surface area (Å²) in [5, 5.41) is 0. The summed E-state index contributed by atoms with van der Waals surface area (Å²) in [6.07, 6.45) is 4.87. The molecule has 0 spiro atoms. The van der Waals surface area contributed by atoms with Crippen molar-refractivity contribution >= 4 is 22.0 Å². The minimum absolute atomic E-state index is 0.188. The van der Waals surface area contributed by atoms with Gasteiger partial charge in [-0.15, -0.1) is 0 Å². The molecular weight excluding hydrogens is 370 g/mol. The standard InChI is InChI=1S/C18H28BrN3O2/c1-18(2,3)24-17(23)22-10-6-5-7-15(22)13-21(4)12-14-8-9-20-16(19)11-14/h8-9,11,15H,5-7,10,12-13H2,1-4H3. The summed E-state index contributed by atoms with van der Waals surface area (Å²) in [7, 11) is 2.09. The number of halogens is 1. The van der Waals surface area contributed by atoms with Crippen LogP contribution in [0.3, 0.4) is 0 Å². The fourth-order valence-corrected chi connectivity index (χ4v) is 3.44. The first-order chi connectivity index (χ1) is 11.2. The van der Waals surface area contributed by atoms with Crippen molar-refractivity contribution in [3.8, 4) is 0 Å². The number of likely N-dealkylation sites (tertiary alicyclic amines) is 1. The zero-order chi connectivity index (χ0) is 17.7. The molecule has 6 heteroatoms. The average Bonchev–Trinajstić information content (AvgIpc) is 2.45. The molecule has 1 atom stereocenters. The van der Waals surface area contributed by atoms with Crippen molar-refractivity contribution in [3.63, 3.8) is 0 Å². The third-order valence-corrected chi connectivity index (χ3v) is 4.45. The molecule has 1 unspecified atom stereocenters. The molecule has 1 aliphatic rings. The van der Waals surface area contributed by atoms with Gasteiger partial charge in [-0.3, -0.25) is 0 Å². The lowest BCUT2D eigenvalue weighted by Crippen LogP contribution is -2.50. The van der Waals surface area contributed by atoms with Crippen molar-refractivity contribution in [1.29, 1.82) is 0 Å². The van der Waals surface area contributed by atoms with Gasteiger partial charge in [0.1, 0.15) is 10.2 Å². The Morgan fingerprint density at radius 2 is 2.21 bits per heavy atom. The van der Waals surface area contributed by atoms with E-state index in [1.807, 2.05) is 37.8 Å². The molecule has 0 N–H and O–H groups in total. The van der Waals surface area contributed by atoms with E-state index >= 15 is 0 Å². The third kappa shape index (κ3) is 6.06. The summed E-state index contributed by atoms with van der Waals surface area (Å²) in [4.78, 5) is 20.8. The maximum atomic E-state index is 12.5. The Bertz CT molecular complexity index is 559. The molecule has 0 aromatic carbocycles. The van der Waals surface area contributed by atoms with Gasteiger partial charge >= 0.3 is 6.09 Å². The SMILES string of the molecule is CN(Cc1ccnc(Br)c1)CC1CCCCN1C(=O)OC(C)(C)C. The Kier molecular flexibility index (Phi) is 6.63. The number of rotatable bonds is 4. The minimum atomic E-state index is -0.450. The molecule has 0 radical (unpaired) electrons. The van der Waals surface area contributed by atoms with Crippen molar-refractivity contribution in [1.82, 2.24) is 14.8 Å². The molecule has 24 heavy (non-hydrogen) atoms. The van der Waals surface area contributed by atoms with Crippen molar-refractivity contribution in [2.45, 2.75) is 58.2 Å². The van der Waals surface area contributed by atoms with Crippen LogP contribution in [0.25, 0.3) is 0 Å². The number of piperidine rings is 1. The highest BCUT2D eigenvalue weighted by Crippen LogP contribution is 2.21. The van der Waals surface area contributed by atoms with Crippen molar-refractivity contribution in [2.24, 2.45) is 0 Å². The van der Waals surface area contributed by atoms with Crippen LogP contribution in [0, 0.1) is 0 Å². The molecular formula is C18H28BrN3O2. The second-order valence-electron chi connectivity index (χ2n) is 7.51. The van der Waals surface area contributed by atoms with Gasteiger partial charge in [-0.25, -0.2) is 9.78 Å². The van der Waals surface area contributed by atoms with Gasteiger partial charge in [-0.05, 0) is 80.7 Å². The maximum absolute atomic E-state index is 12.5.